The van der Waals surface area contributed by atoms with E-state index in [-0.39, 0.29) is 17.4 Å². The van der Waals surface area contributed by atoms with Crippen LogP contribution in [-0.4, -0.2) is 34.1 Å². The maximum atomic E-state index is 12.3. The summed E-state index contributed by atoms with van der Waals surface area (Å²) in [5.41, 5.74) is 1.67. The van der Waals surface area contributed by atoms with E-state index < -0.39 is 0 Å². The Labute approximate surface area is 106 Å². The summed E-state index contributed by atoms with van der Waals surface area (Å²) >= 11 is 0. The first kappa shape index (κ1) is 12.8. The normalized spacial score (nSPS) is 18.2. The number of aryl methyl sites for hydroxylation is 1. The lowest BCUT2D eigenvalue weighted by Crippen LogP contribution is -2.38. The highest BCUT2D eigenvalue weighted by Gasteiger charge is 2.28. The van der Waals surface area contributed by atoms with Gasteiger partial charge < -0.3 is 4.90 Å². The Hall–Kier alpha value is -1.65. The first-order valence-electron chi connectivity index (χ1n) is 6.52. The van der Waals surface area contributed by atoms with Crippen LogP contribution in [-0.2, 0) is 17.6 Å². The minimum atomic E-state index is -0.190. The number of hydrogen-bond donors (Lipinski definition) is 1. The van der Waals surface area contributed by atoms with E-state index in [1.807, 2.05) is 18.7 Å². The van der Waals surface area contributed by atoms with Gasteiger partial charge in [-0.1, -0.05) is 0 Å². The largest absolute Gasteiger partial charge is 0.343 e. The second-order valence-electron chi connectivity index (χ2n) is 4.65. The molecule has 1 aromatic heterocycles. The molecule has 1 N–H and O–H groups in total. The van der Waals surface area contributed by atoms with E-state index in [1.165, 1.54) is 0 Å². The summed E-state index contributed by atoms with van der Waals surface area (Å²) in [6, 6.07) is 1.57. The van der Waals surface area contributed by atoms with Gasteiger partial charge in [0.05, 0.1) is 5.69 Å². The van der Waals surface area contributed by atoms with Crippen molar-refractivity contribution in [2.24, 2.45) is 5.92 Å². The number of fused-ring (bicyclic) bond motifs is 1. The first-order chi connectivity index (χ1) is 8.65. The van der Waals surface area contributed by atoms with Crippen LogP contribution in [0.3, 0.4) is 0 Å². The van der Waals surface area contributed by atoms with Crippen LogP contribution < -0.4 is 5.56 Å². The van der Waals surface area contributed by atoms with Crippen LogP contribution in [0.15, 0.2) is 10.9 Å². The van der Waals surface area contributed by atoms with Gasteiger partial charge >= 0.3 is 0 Å². The van der Waals surface area contributed by atoms with Gasteiger partial charge in [-0.05, 0) is 38.7 Å². The highest BCUT2D eigenvalue weighted by Crippen LogP contribution is 2.24. The lowest BCUT2D eigenvalue weighted by Gasteiger charge is -2.28. The van der Waals surface area contributed by atoms with Gasteiger partial charge in [0, 0.05) is 25.1 Å². The van der Waals surface area contributed by atoms with E-state index in [1.54, 1.807) is 6.07 Å². The number of nitrogens with zero attached hydrogens (tertiary/aromatic N) is 2. The third-order valence-electron chi connectivity index (χ3n) is 3.60. The van der Waals surface area contributed by atoms with Crippen LogP contribution in [0.1, 0.15) is 31.5 Å². The van der Waals surface area contributed by atoms with Gasteiger partial charge in [-0.15, -0.1) is 0 Å². The SMILES string of the molecule is CCN(CC)C(=O)[C@@H]1CCc2n[nH]c(=O)cc2C1. The second kappa shape index (κ2) is 5.33. The fourth-order valence-electron chi connectivity index (χ4n) is 2.54. The molecule has 5 nitrogen and oxygen atoms in total. The van der Waals surface area contributed by atoms with E-state index >= 15 is 0 Å². The van der Waals surface area contributed by atoms with E-state index in [0.29, 0.717) is 6.42 Å². The van der Waals surface area contributed by atoms with Crippen molar-refractivity contribution in [3.05, 3.63) is 27.7 Å². The quantitative estimate of drug-likeness (QED) is 0.859. The zero-order chi connectivity index (χ0) is 13.1. The predicted molar refractivity (Wildman–Crippen MR) is 68.3 cm³/mol. The van der Waals surface area contributed by atoms with Gasteiger partial charge in [0.15, 0.2) is 0 Å². The molecule has 98 valence electrons. The molecule has 0 aliphatic heterocycles. The average molecular weight is 249 g/mol. The molecule has 0 aromatic carbocycles. The van der Waals surface area contributed by atoms with Gasteiger partial charge in [0.1, 0.15) is 0 Å². The summed E-state index contributed by atoms with van der Waals surface area (Å²) in [5.74, 6) is 0.201. The molecule has 1 aliphatic carbocycles. The monoisotopic (exact) mass is 249 g/mol. The minimum absolute atomic E-state index is 0.000926. The molecular formula is C13H19N3O2. The van der Waals surface area contributed by atoms with Gasteiger partial charge in [-0.25, -0.2) is 5.10 Å². The fourth-order valence-corrected chi connectivity index (χ4v) is 2.54. The molecule has 0 spiro atoms. The van der Waals surface area contributed by atoms with Crippen LogP contribution in [0.25, 0.3) is 0 Å². The van der Waals surface area contributed by atoms with E-state index in [2.05, 4.69) is 10.2 Å². The third kappa shape index (κ3) is 2.44. The molecule has 1 heterocycles. The fraction of sp³-hybridized carbons (Fsp3) is 0.615. The summed E-state index contributed by atoms with van der Waals surface area (Å²) in [4.78, 5) is 25.4. The molecule has 0 bridgehead atoms. The molecule has 0 saturated carbocycles. The molecular weight excluding hydrogens is 230 g/mol. The Morgan fingerprint density at radius 1 is 1.50 bits per heavy atom. The van der Waals surface area contributed by atoms with Crippen LogP contribution >= 0.6 is 0 Å². The maximum Gasteiger partial charge on any atom is 0.264 e. The molecule has 0 unspecified atom stereocenters. The standard InChI is InChI=1S/C13H19N3O2/c1-3-16(4-2)13(18)9-5-6-11-10(7-9)8-12(17)15-14-11/h8-9H,3-7H2,1-2H3,(H,15,17)/t9-/m1/s1. The number of hydrogen-bond acceptors (Lipinski definition) is 3. The predicted octanol–water partition coefficient (Wildman–Crippen LogP) is 0.743. The van der Waals surface area contributed by atoms with Crippen molar-refractivity contribution in [3.63, 3.8) is 0 Å². The molecule has 18 heavy (non-hydrogen) atoms. The lowest BCUT2D eigenvalue weighted by molar-refractivity contribution is -0.135. The number of carbonyl (C=O) groups excluding carboxylic acids is 1. The number of H-pyrrole nitrogens is 1. The van der Waals surface area contributed by atoms with Crippen molar-refractivity contribution >= 4 is 5.91 Å². The lowest BCUT2D eigenvalue weighted by atomic mass is 9.86. The Morgan fingerprint density at radius 3 is 2.89 bits per heavy atom. The van der Waals surface area contributed by atoms with Crippen LogP contribution in [0.5, 0.6) is 0 Å². The molecule has 1 atom stereocenters. The summed E-state index contributed by atoms with van der Waals surface area (Å²) in [6.07, 6.45) is 2.23. The first-order valence-corrected chi connectivity index (χ1v) is 6.52. The van der Waals surface area contributed by atoms with Crippen molar-refractivity contribution < 1.29 is 4.79 Å². The number of carbonyl (C=O) groups is 1. The van der Waals surface area contributed by atoms with E-state index in [0.717, 1.165) is 37.2 Å². The Kier molecular flexibility index (Phi) is 3.79. The smallest absolute Gasteiger partial charge is 0.264 e. The number of rotatable bonds is 3. The average Bonchev–Trinajstić information content (AvgIpc) is 2.39. The van der Waals surface area contributed by atoms with Gasteiger partial charge in [-0.2, -0.15) is 5.10 Å². The van der Waals surface area contributed by atoms with E-state index in [4.69, 9.17) is 0 Å². The van der Waals surface area contributed by atoms with Crippen LogP contribution in [0.2, 0.25) is 0 Å². The number of aromatic amines is 1. The molecule has 0 radical (unpaired) electrons. The Bertz CT molecular complexity index is 491. The summed E-state index contributed by atoms with van der Waals surface area (Å²) in [6.45, 7) is 5.47. The molecule has 1 amide bonds. The van der Waals surface area contributed by atoms with Gasteiger partial charge in [0.2, 0.25) is 5.91 Å². The summed E-state index contributed by atoms with van der Waals surface area (Å²) in [5, 5.41) is 6.48. The Morgan fingerprint density at radius 2 is 2.22 bits per heavy atom. The van der Waals surface area contributed by atoms with Crippen molar-refractivity contribution in [2.45, 2.75) is 33.1 Å². The van der Waals surface area contributed by atoms with Crippen molar-refractivity contribution in [1.29, 1.82) is 0 Å². The Balaban J connectivity index is 2.16. The summed E-state index contributed by atoms with van der Waals surface area (Å²) in [7, 11) is 0. The van der Waals surface area contributed by atoms with Gasteiger partial charge in [-0.3, -0.25) is 9.59 Å². The van der Waals surface area contributed by atoms with Crippen molar-refractivity contribution in [1.82, 2.24) is 15.1 Å². The van der Waals surface area contributed by atoms with Crippen LogP contribution in [0.4, 0.5) is 0 Å². The molecule has 5 heteroatoms. The summed E-state index contributed by atoms with van der Waals surface area (Å²) < 4.78 is 0. The van der Waals surface area contributed by atoms with Crippen molar-refractivity contribution in [2.75, 3.05) is 13.1 Å². The van der Waals surface area contributed by atoms with Gasteiger partial charge in [0.25, 0.3) is 5.56 Å². The molecule has 1 aliphatic rings. The zero-order valence-electron chi connectivity index (χ0n) is 10.9. The zero-order valence-corrected chi connectivity index (χ0v) is 10.9. The molecule has 2 rings (SSSR count). The maximum absolute atomic E-state index is 12.3. The van der Waals surface area contributed by atoms with Crippen molar-refractivity contribution in [3.8, 4) is 0 Å². The third-order valence-corrected chi connectivity index (χ3v) is 3.60. The molecule has 0 saturated heterocycles. The number of nitrogens with one attached hydrogen (secondary N) is 1. The highest BCUT2D eigenvalue weighted by atomic mass is 16.2. The topological polar surface area (TPSA) is 66.1 Å². The number of aromatic nitrogens is 2. The highest BCUT2D eigenvalue weighted by molar-refractivity contribution is 5.79. The molecule has 0 fully saturated rings. The van der Waals surface area contributed by atoms with Crippen LogP contribution in [0, 0.1) is 5.92 Å². The van der Waals surface area contributed by atoms with E-state index in [9.17, 15) is 9.59 Å². The molecule has 1 aromatic rings. The second-order valence-corrected chi connectivity index (χ2v) is 4.65. The number of amides is 1. The minimum Gasteiger partial charge on any atom is -0.343 e.